The van der Waals surface area contributed by atoms with Crippen LogP contribution < -0.4 is 10.1 Å². The summed E-state index contributed by atoms with van der Waals surface area (Å²) >= 11 is 4.81. The molecule has 1 N–H and O–H groups in total. The van der Waals surface area contributed by atoms with Crippen LogP contribution in [0.25, 0.3) is 11.3 Å². The Morgan fingerprint density at radius 1 is 1.19 bits per heavy atom. The second-order valence-electron chi connectivity index (χ2n) is 6.26. The molecule has 3 aromatic rings. The number of amides is 1. The third-order valence-electron chi connectivity index (χ3n) is 4.32. The van der Waals surface area contributed by atoms with Gasteiger partial charge in [-0.25, -0.2) is 4.98 Å². The van der Waals surface area contributed by atoms with E-state index in [9.17, 15) is 4.79 Å². The highest BCUT2D eigenvalue weighted by Crippen LogP contribution is 2.26. The molecule has 1 aromatic heterocycles. The van der Waals surface area contributed by atoms with E-state index in [1.54, 1.807) is 0 Å². The minimum Gasteiger partial charge on any atom is -0.484 e. The summed E-state index contributed by atoms with van der Waals surface area (Å²) in [6, 6.07) is 15.8. The zero-order valence-corrected chi connectivity index (χ0v) is 17.6. The van der Waals surface area contributed by atoms with Gasteiger partial charge in [0.1, 0.15) is 5.75 Å². The fourth-order valence-electron chi connectivity index (χ4n) is 2.52. The van der Waals surface area contributed by atoms with Crippen LogP contribution in [0.5, 0.6) is 5.75 Å². The van der Waals surface area contributed by atoms with Gasteiger partial charge in [-0.1, -0.05) is 54.0 Å². The summed E-state index contributed by atoms with van der Waals surface area (Å²) in [7, 11) is 0. The van der Waals surface area contributed by atoms with E-state index in [1.807, 2.05) is 53.9 Å². The van der Waals surface area contributed by atoms with Crippen molar-refractivity contribution in [2.75, 3.05) is 11.9 Å². The van der Waals surface area contributed by atoms with Crippen LogP contribution in [0.2, 0.25) is 0 Å². The SMILES string of the molecule is CC[C@H](C)c1ccc(OCC(=O)Nc2nc(-c3ccc(Br)cc3)cs2)cc1. The smallest absolute Gasteiger partial charge is 0.264 e. The summed E-state index contributed by atoms with van der Waals surface area (Å²) in [6.07, 6.45) is 1.10. The average Bonchev–Trinajstić information content (AvgIpc) is 3.15. The number of nitrogens with one attached hydrogen (secondary N) is 1. The highest BCUT2D eigenvalue weighted by Gasteiger charge is 2.09. The van der Waals surface area contributed by atoms with E-state index in [-0.39, 0.29) is 12.5 Å². The van der Waals surface area contributed by atoms with Crippen molar-refractivity contribution in [2.45, 2.75) is 26.2 Å². The lowest BCUT2D eigenvalue weighted by Gasteiger charge is -2.10. The van der Waals surface area contributed by atoms with Gasteiger partial charge in [0.2, 0.25) is 0 Å². The highest BCUT2D eigenvalue weighted by atomic mass is 79.9. The molecular weight excluding hydrogens is 424 g/mol. The van der Waals surface area contributed by atoms with E-state index in [1.165, 1.54) is 16.9 Å². The number of hydrogen-bond donors (Lipinski definition) is 1. The maximum absolute atomic E-state index is 12.1. The number of ether oxygens (including phenoxy) is 1. The molecule has 0 aliphatic carbocycles. The molecule has 3 rings (SSSR count). The standard InChI is InChI=1S/C21H21BrN2O2S/c1-3-14(2)15-6-10-18(11-7-15)26-12-20(25)24-21-23-19(13-27-21)16-4-8-17(22)9-5-16/h4-11,13-14H,3,12H2,1-2H3,(H,23,24,25)/t14-/m0/s1. The number of thiazole rings is 1. The number of carbonyl (C=O) groups excluding carboxylic acids is 1. The van der Waals surface area contributed by atoms with Gasteiger partial charge in [-0.3, -0.25) is 10.1 Å². The molecule has 140 valence electrons. The average molecular weight is 445 g/mol. The van der Waals surface area contributed by atoms with Crippen molar-refractivity contribution in [3.8, 4) is 17.0 Å². The fourth-order valence-corrected chi connectivity index (χ4v) is 3.52. The van der Waals surface area contributed by atoms with Crippen LogP contribution in [0.3, 0.4) is 0 Å². The van der Waals surface area contributed by atoms with Crippen LogP contribution in [0, 0.1) is 0 Å². The minimum absolute atomic E-state index is 0.0458. The van der Waals surface area contributed by atoms with E-state index < -0.39 is 0 Å². The van der Waals surface area contributed by atoms with Crippen LogP contribution in [0.4, 0.5) is 5.13 Å². The Labute approximate surface area is 171 Å². The van der Waals surface area contributed by atoms with Gasteiger partial charge in [0.05, 0.1) is 5.69 Å². The Hall–Kier alpha value is -2.18. The molecule has 1 amide bonds. The summed E-state index contributed by atoms with van der Waals surface area (Å²) in [4.78, 5) is 16.6. The van der Waals surface area contributed by atoms with Gasteiger partial charge in [-0.05, 0) is 42.2 Å². The third-order valence-corrected chi connectivity index (χ3v) is 5.61. The van der Waals surface area contributed by atoms with Crippen LogP contribution in [-0.2, 0) is 4.79 Å². The predicted molar refractivity (Wildman–Crippen MR) is 115 cm³/mol. The molecular formula is C21H21BrN2O2S. The number of anilines is 1. The van der Waals surface area contributed by atoms with Gasteiger partial charge in [-0.15, -0.1) is 11.3 Å². The van der Waals surface area contributed by atoms with E-state index in [4.69, 9.17) is 4.74 Å². The van der Waals surface area contributed by atoms with Gasteiger partial charge < -0.3 is 4.74 Å². The topological polar surface area (TPSA) is 51.2 Å². The summed E-state index contributed by atoms with van der Waals surface area (Å²) < 4.78 is 6.59. The van der Waals surface area contributed by atoms with Crippen molar-refractivity contribution in [2.24, 2.45) is 0 Å². The van der Waals surface area contributed by atoms with Gasteiger partial charge in [0.15, 0.2) is 11.7 Å². The summed E-state index contributed by atoms with van der Waals surface area (Å²) in [5.41, 5.74) is 3.12. The number of benzene rings is 2. The van der Waals surface area contributed by atoms with E-state index in [0.717, 1.165) is 22.2 Å². The lowest BCUT2D eigenvalue weighted by atomic mass is 9.99. The monoisotopic (exact) mass is 444 g/mol. The molecule has 0 saturated carbocycles. The zero-order valence-electron chi connectivity index (χ0n) is 15.2. The fraction of sp³-hybridized carbons (Fsp3) is 0.238. The maximum Gasteiger partial charge on any atom is 0.264 e. The number of aromatic nitrogens is 1. The van der Waals surface area contributed by atoms with Crippen LogP contribution in [0.1, 0.15) is 31.7 Å². The van der Waals surface area contributed by atoms with Gasteiger partial charge in [-0.2, -0.15) is 0 Å². The summed E-state index contributed by atoms with van der Waals surface area (Å²) in [6.45, 7) is 4.32. The number of hydrogen-bond acceptors (Lipinski definition) is 4. The molecule has 0 unspecified atom stereocenters. The first kappa shape index (κ1) is 19.6. The molecule has 0 aliphatic heterocycles. The van der Waals surface area contributed by atoms with Gasteiger partial charge in [0, 0.05) is 15.4 Å². The first-order chi connectivity index (χ1) is 13.0. The molecule has 0 fully saturated rings. The number of nitrogens with zero attached hydrogens (tertiary/aromatic N) is 1. The molecule has 4 nitrogen and oxygen atoms in total. The second-order valence-corrected chi connectivity index (χ2v) is 8.03. The third kappa shape index (κ3) is 5.40. The van der Waals surface area contributed by atoms with E-state index in [2.05, 4.69) is 40.1 Å². The molecule has 0 radical (unpaired) electrons. The largest absolute Gasteiger partial charge is 0.484 e. The summed E-state index contributed by atoms with van der Waals surface area (Å²) in [5.74, 6) is 0.983. The maximum atomic E-state index is 12.1. The molecule has 6 heteroatoms. The Balaban J connectivity index is 1.53. The Bertz CT molecular complexity index is 891. The van der Waals surface area contributed by atoms with Gasteiger partial charge >= 0.3 is 0 Å². The van der Waals surface area contributed by atoms with E-state index in [0.29, 0.717) is 16.8 Å². The normalized spacial score (nSPS) is 11.8. The molecule has 1 heterocycles. The lowest BCUT2D eigenvalue weighted by Crippen LogP contribution is -2.20. The van der Waals surface area contributed by atoms with Crippen molar-refractivity contribution in [3.63, 3.8) is 0 Å². The van der Waals surface area contributed by atoms with Crippen molar-refractivity contribution in [3.05, 3.63) is 63.9 Å². The molecule has 0 bridgehead atoms. The quantitative estimate of drug-likeness (QED) is 0.478. The van der Waals surface area contributed by atoms with Crippen molar-refractivity contribution >= 4 is 38.3 Å². The molecule has 2 aromatic carbocycles. The Kier molecular flexibility index (Phi) is 6.63. The first-order valence-corrected chi connectivity index (χ1v) is 10.5. The molecule has 0 aliphatic rings. The van der Waals surface area contributed by atoms with Crippen LogP contribution in [0.15, 0.2) is 58.4 Å². The second kappa shape index (κ2) is 9.15. The molecule has 1 atom stereocenters. The van der Waals surface area contributed by atoms with Crippen molar-refractivity contribution in [1.29, 1.82) is 0 Å². The Morgan fingerprint density at radius 2 is 1.89 bits per heavy atom. The molecule has 0 saturated heterocycles. The van der Waals surface area contributed by atoms with E-state index >= 15 is 0 Å². The van der Waals surface area contributed by atoms with Gasteiger partial charge in [0.25, 0.3) is 5.91 Å². The zero-order chi connectivity index (χ0) is 19.2. The number of rotatable bonds is 7. The summed E-state index contributed by atoms with van der Waals surface area (Å²) in [5, 5.41) is 5.27. The predicted octanol–water partition coefficient (Wildman–Crippen LogP) is 6.10. The molecule has 0 spiro atoms. The van der Waals surface area contributed by atoms with Crippen LogP contribution in [-0.4, -0.2) is 17.5 Å². The highest BCUT2D eigenvalue weighted by molar-refractivity contribution is 9.10. The molecule has 27 heavy (non-hydrogen) atoms. The first-order valence-electron chi connectivity index (χ1n) is 8.79. The van der Waals surface area contributed by atoms with Crippen molar-refractivity contribution < 1.29 is 9.53 Å². The lowest BCUT2D eigenvalue weighted by molar-refractivity contribution is -0.118. The number of halogens is 1. The van der Waals surface area contributed by atoms with Crippen molar-refractivity contribution in [1.82, 2.24) is 4.98 Å². The Morgan fingerprint density at radius 3 is 2.56 bits per heavy atom. The minimum atomic E-state index is -0.224. The number of carbonyl (C=O) groups is 1. The van der Waals surface area contributed by atoms with Crippen LogP contribution >= 0.6 is 27.3 Å².